The fourth-order valence-corrected chi connectivity index (χ4v) is 2.02. The van der Waals surface area contributed by atoms with Crippen LogP contribution in [0.4, 0.5) is 0 Å². The van der Waals surface area contributed by atoms with E-state index < -0.39 is 12.1 Å². The number of fused-ring (bicyclic) bond motifs is 1. The molecule has 1 N–H and O–H groups in total. The highest BCUT2D eigenvalue weighted by Crippen LogP contribution is 2.36. The van der Waals surface area contributed by atoms with Gasteiger partial charge >= 0.3 is 5.97 Å². The lowest BCUT2D eigenvalue weighted by Crippen LogP contribution is -2.24. The number of ether oxygens (including phenoxy) is 2. The quantitative estimate of drug-likeness (QED) is 0.792. The van der Waals surface area contributed by atoms with Crippen LogP contribution in [0.5, 0.6) is 5.75 Å². The smallest absolute Gasteiger partial charge is 0.339 e. The predicted octanol–water partition coefficient (Wildman–Crippen LogP) is 1.61. The first kappa shape index (κ1) is 11.9. The summed E-state index contributed by atoms with van der Waals surface area (Å²) >= 11 is 0. The monoisotopic (exact) mass is 236 g/mol. The van der Waals surface area contributed by atoms with Crippen LogP contribution in [-0.2, 0) is 16.0 Å². The Labute approximate surface area is 100 Å². The normalized spacial score (nSPS) is 18.1. The highest BCUT2D eigenvalue weighted by Gasteiger charge is 2.31. The van der Waals surface area contributed by atoms with E-state index in [2.05, 4.69) is 4.74 Å². The molecule has 0 radical (unpaired) electrons. The number of methoxy groups -OCH3 is 1. The fourth-order valence-electron chi connectivity index (χ4n) is 2.02. The van der Waals surface area contributed by atoms with Crippen molar-refractivity contribution in [3.05, 3.63) is 29.3 Å². The van der Waals surface area contributed by atoms with Crippen LogP contribution in [-0.4, -0.2) is 23.8 Å². The molecule has 0 aromatic heterocycles. The summed E-state index contributed by atoms with van der Waals surface area (Å²) in [4.78, 5) is 11.2. The van der Waals surface area contributed by atoms with Crippen LogP contribution < -0.4 is 4.74 Å². The Hall–Kier alpha value is -1.55. The molecule has 0 aliphatic carbocycles. The zero-order valence-electron chi connectivity index (χ0n) is 10.2. The van der Waals surface area contributed by atoms with Gasteiger partial charge in [-0.1, -0.05) is 12.1 Å². The minimum Gasteiger partial charge on any atom is -0.487 e. The molecular weight excluding hydrogens is 220 g/mol. The number of carbonyl (C=O) groups is 1. The molecule has 1 aromatic rings. The molecule has 1 heterocycles. The first-order valence-corrected chi connectivity index (χ1v) is 5.51. The third kappa shape index (κ3) is 2.26. The highest BCUT2D eigenvalue weighted by molar-refractivity contribution is 5.76. The van der Waals surface area contributed by atoms with Crippen molar-refractivity contribution in [1.82, 2.24) is 0 Å². The summed E-state index contributed by atoms with van der Waals surface area (Å²) in [7, 11) is 1.25. The Morgan fingerprint density at radius 3 is 2.88 bits per heavy atom. The van der Waals surface area contributed by atoms with Crippen LogP contribution in [0, 0.1) is 0 Å². The van der Waals surface area contributed by atoms with Gasteiger partial charge in [-0.15, -0.1) is 0 Å². The van der Waals surface area contributed by atoms with E-state index in [1.807, 2.05) is 19.9 Å². The number of aliphatic hydroxyl groups excluding tert-OH is 1. The average molecular weight is 236 g/mol. The van der Waals surface area contributed by atoms with E-state index in [9.17, 15) is 9.90 Å². The van der Waals surface area contributed by atoms with Gasteiger partial charge in [-0.2, -0.15) is 0 Å². The van der Waals surface area contributed by atoms with Crippen molar-refractivity contribution >= 4 is 5.97 Å². The third-order valence-corrected chi connectivity index (χ3v) is 2.83. The van der Waals surface area contributed by atoms with Crippen molar-refractivity contribution in [2.75, 3.05) is 7.11 Å². The standard InChI is InChI=1S/C13H16O4/c1-13(2)7-9-5-4-8(6-10(9)17-13)11(14)12(15)16-3/h4-6,11,14H,7H2,1-3H3. The Morgan fingerprint density at radius 1 is 1.53 bits per heavy atom. The molecule has 1 atom stereocenters. The first-order valence-electron chi connectivity index (χ1n) is 5.51. The molecule has 17 heavy (non-hydrogen) atoms. The molecule has 1 aliphatic rings. The van der Waals surface area contributed by atoms with Gasteiger partial charge in [-0.05, 0) is 31.0 Å². The topological polar surface area (TPSA) is 55.8 Å². The van der Waals surface area contributed by atoms with E-state index in [-0.39, 0.29) is 5.60 Å². The summed E-state index contributed by atoms with van der Waals surface area (Å²) in [6, 6.07) is 5.31. The van der Waals surface area contributed by atoms with E-state index in [0.717, 1.165) is 17.7 Å². The Morgan fingerprint density at radius 2 is 2.24 bits per heavy atom. The molecule has 0 saturated heterocycles. The molecule has 0 spiro atoms. The second-order valence-corrected chi connectivity index (χ2v) is 4.83. The molecule has 0 saturated carbocycles. The van der Waals surface area contributed by atoms with Crippen LogP contribution in [0.25, 0.3) is 0 Å². The maximum absolute atomic E-state index is 11.2. The largest absolute Gasteiger partial charge is 0.487 e. The molecule has 1 unspecified atom stereocenters. The van der Waals surface area contributed by atoms with Gasteiger partial charge in [0.1, 0.15) is 11.4 Å². The second kappa shape index (κ2) is 4.04. The molecule has 4 nitrogen and oxygen atoms in total. The molecule has 0 amide bonds. The lowest BCUT2D eigenvalue weighted by Gasteiger charge is -2.17. The molecule has 92 valence electrons. The minimum atomic E-state index is -1.25. The third-order valence-electron chi connectivity index (χ3n) is 2.83. The summed E-state index contributed by atoms with van der Waals surface area (Å²) < 4.78 is 10.2. The van der Waals surface area contributed by atoms with E-state index in [0.29, 0.717) is 5.56 Å². The van der Waals surface area contributed by atoms with Gasteiger partial charge < -0.3 is 14.6 Å². The number of esters is 1. The molecule has 4 heteroatoms. The summed E-state index contributed by atoms with van der Waals surface area (Å²) in [5.74, 6) is 0.0673. The van der Waals surface area contributed by atoms with Crippen LogP contribution in [0.2, 0.25) is 0 Å². The Balaban J connectivity index is 2.28. The van der Waals surface area contributed by atoms with Gasteiger partial charge in [0.15, 0.2) is 6.10 Å². The number of aliphatic hydroxyl groups is 1. The van der Waals surface area contributed by atoms with E-state index in [1.54, 1.807) is 12.1 Å². The van der Waals surface area contributed by atoms with Crippen molar-refractivity contribution in [3.8, 4) is 5.75 Å². The van der Waals surface area contributed by atoms with Crippen LogP contribution in [0.15, 0.2) is 18.2 Å². The number of hydrogen-bond donors (Lipinski definition) is 1. The molecule has 1 aromatic carbocycles. The summed E-state index contributed by atoms with van der Waals surface area (Å²) in [5.41, 5.74) is 1.36. The van der Waals surface area contributed by atoms with Crippen LogP contribution >= 0.6 is 0 Å². The maximum atomic E-state index is 11.2. The van der Waals surface area contributed by atoms with Crippen LogP contribution in [0.1, 0.15) is 31.1 Å². The lowest BCUT2D eigenvalue weighted by molar-refractivity contribution is -0.150. The van der Waals surface area contributed by atoms with Gasteiger partial charge in [0.25, 0.3) is 0 Å². The average Bonchev–Trinajstić information content (AvgIpc) is 2.59. The van der Waals surface area contributed by atoms with Gasteiger partial charge in [0.2, 0.25) is 0 Å². The molecule has 2 rings (SSSR count). The van der Waals surface area contributed by atoms with Gasteiger partial charge in [-0.25, -0.2) is 4.79 Å². The number of hydrogen-bond acceptors (Lipinski definition) is 4. The van der Waals surface area contributed by atoms with Crippen molar-refractivity contribution in [2.45, 2.75) is 32.0 Å². The summed E-state index contributed by atoms with van der Waals surface area (Å²) in [6.07, 6.45) is -0.422. The van der Waals surface area contributed by atoms with Crippen molar-refractivity contribution in [1.29, 1.82) is 0 Å². The maximum Gasteiger partial charge on any atom is 0.339 e. The zero-order valence-corrected chi connectivity index (χ0v) is 10.2. The minimum absolute atomic E-state index is 0.225. The summed E-state index contributed by atoms with van der Waals surface area (Å²) in [6.45, 7) is 4.01. The number of carbonyl (C=O) groups excluding carboxylic acids is 1. The van der Waals surface area contributed by atoms with Crippen molar-refractivity contribution in [2.24, 2.45) is 0 Å². The van der Waals surface area contributed by atoms with Crippen LogP contribution in [0.3, 0.4) is 0 Å². The van der Waals surface area contributed by atoms with E-state index in [1.165, 1.54) is 7.11 Å². The van der Waals surface area contributed by atoms with Crippen molar-refractivity contribution in [3.63, 3.8) is 0 Å². The second-order valence-electron chi connectivity index (χ2n) is 4.83. The van der Waals surface area contributed by atoms with Gasteiger partial charge in [-0.3, -0.25) is 0 Å². The number of rotatable bonds is 2. The number of benzene rings is 1. The lowest BCUT2D eigenvalue weighted by atomic mass is 10.00. The first-order chi connectivity index (χ1) is 7.93. The zero-order chi connectivity index (χ0) is 12.6. The van der Waals surface area contributed by atoms with E-state index >= 15 is 0 Å². The molecular formula is C13H16O4. The molecule has 0 bridgehead atoms. The van der Waals surface area contributed by atoms with E-state index in [4.69, 9.17) is 4.74 Å². The summed E-state index contributed by atoms with van der Waals surface area (Å²) in [5, 5.41) is 9.72. The molecule has 1 aliphatic heterocycles. The SMILES string of the molecule is COC(=O)C(O)c1ccc2c(c1)OC(C)(C)C2. The van der Waals surface area contributed by atoms with Gasteiger partial charge in [0, 0.05) is 6.42 Å². The Kier molecular flexibility index (Phi) is 2.83. The molecule has 0 fully saturated rings. The fraction of sp³-hybridized carbons (Fsp3) is 0.462. The van der Waals surface area contributed by atoms with Gasteiger partial charge in [0.05, 0.1) is 7.11 Å². The highest BCUT2D eigenvalue weighted by atomic mass is 16.5. The van der Waals surface area contributed by atoms with Crippen molar-refractivity contribution < 1.29 is 19.4 Å². The predicted molar refractivity (Wildman–Crippen MR) is 61.8 cm³/mol. The Bertz CT molecular complexity index is 451.